The summed E-state index contributed by atoms with van der Waals surface area (Å²) in [6.45, 7) is 2.13. The number of halogens is 2. The lowest BCUT2D eigenvalue weighted by atomic mass is 10.2. The maximum absolute atomic E-state index is 12.1. The van der Waals surface area contributed by atoms with E-state index >= 15 is 0 Å². The molecule has 0 spiro atoms. The maximum Gasteiger partial charge on any atom is 0.241 e. The van der Waals surface area contributed by atoms with Gasteiger partial charge in [0.1, 0.15) is 0 Å². The molecule has 3 nitrogen and oxygen atoms in total. The quantitative estimate of drug-likeness (QED) is 0.900. The first-order valence-corrected chi connectivity index (χ1v) is 7.80. The number of anilines is 1. The molecule has 1 saturated heterocycles. The molecule has 5 heteroatoms. The van der Waals surface area contributed by atoms with E-state index in [4.69, 9.17) is 11.6 Å². The number of likely N-dealkylation sites (tertiary alicyclic amines) is 1. The van der Waals surface area contributed by atoms with Gasteiger partial charge in [0.05, 0.1) is 11.6 Å². The van der Waals surface area contributed by atoms with Crippen LogP contribution in [0.5, 0.6) is 0 Å². The molecule has 0 aliphatic carbocycles. The lowest BCUT2D eigenvalue weighted by molar-refractivity contribution is -0.129. The van der Waals surface area contributed by atoms with Crippen LogP contribution < -0.4 is 5.32 Å². The molecular formula is C14H18BrClN2O. The first kappa shape index (κ1) is 14.7. The summed E-state index contributed by atoms with van der Waals surface area (Å²) in [4.78, 5) is 14.1. The topological polar surface area (TPSA) is 32.3 Å². The Morgan fingerprint density at radius 1 is 1.26 bits per heavy atom. The van der Waals surface area contributed by atoms with Gasteiger partial charge in [-0.2, -0.15) is 0 Å². The summed E-state index contributed by atoms with van der Waals surface area (Å²) in [7, 11) is 0. The van der Waals surface area contributed by atoms with E-state index in [-0.39, 0.29) is 5.91 Å². The van der Waals surface area contributed by atoms with Crippen LogP contribution in [0.1, 0.15) is 25.7 Å². The molecule has 2 rings (SSSR count). The summed E-state index contributed by atoms with van der Waals surface area (Å²) in [5, 5.41) is 3.82. The molecule has 19 heavy (non-hydrogen) atoms. The largest absolute Gasteiger partial charge is 0.376 e. The predicted octanol–water partition coefficient (Wildman–Crippen LogP) is 3.92. The van der Waals surface area contributed by atoms with Crippen molar-refractivity contribution < 1.29 is 4.79 Å². The molecule has 1 aromatic rings. The Kier molecular flexibility index (Phi) is 5.52. The van der Waals surface area contributed by atoms with E-state index in [1.54, 1.807) is 0 Å². The van der Waals surface area contributed by atoms with Crippen LogP contribution in [-0.2, 0) is 4.79 Å². The molecule has 0 atom stereocenters. The monoisotopic (exact) mass is 344 g/mol. The van der Waals surface area contributed by atoms with Gasteiger partial charge in [0, 0.05) is 23.2 Å². The van der Waals surface area contributed by atoms with E-state index in [2.05, 4.69) is 21.2 Å². The summed E-state index contributed by atoms with van der Waals surface area (Å²) in [5.41, 5.74) is 0.902. The second-order valence-corrected chi connectivity index (χ2v) is 6.04. The highest BCUT2D eigenvalue weighted by Crippen LogP contribution is 2.25. The van der Waals surface area contributed by atoms with Gasteiger partial charge in [0.2, 0.25) is 5.91 Å². The van der Waals surface area contributed by atoms with Crippen molar-refractivity contribution in [1.29, 1.82) is 0 Å². The third kappa shape index (κ3) is 4.39. The van der Waals surface area contributed by atoms with Gasteiger partial charge in [-0.25, -0.2) is 0 Å². The predicted molar refractivity (Wildman–Crippen MR) is 82.7 cm³/mol. The third-order valence-electron chi connectivity index (χ3n) is 3.32. The Hall–Kier alpha value is -0.740. The van der Waals surface area contributed by atoms with E-state index < -0.39 is 0 Å². The average Bonchev–Trinajstić information content (AvgIpc) is 2.69. The smallest absolute Gasteiger partial charge is 0.241 e. The summed E-state index contributed by atoms with van der Waals surface area (Å²) < 4.78 is 0.835. The van der Waals surface area contributed by atoms with Gasteiger partial charge < -0.3 is 10.2 Å². The average molecular weight is 346 g/mol. The molecule has 1 amide bonds. The van der Waals surface area contributed by atoms with Crippen molar-refractivity contribution in [3.05, 3.63) is 27.7 Å². The number of nitrogens with one attached hydrogen (secondary N) is 1. The zero-order valence-electron chi connectivity index (χ0n) is 10.8. The standard InChI is InChI=1S/C14H18BrClN2O/c15-12-9-11(5-6-13(12)16)17-10-14(19)18-7-3-1-2-4-8-18/h5-6,9,17H,1-4,7-8,10H2. The van der Waals surface area contributed by atoms with Crippen molar-refractivity contribution in [2.24, 2.45) is 0 Å². The molecule has 1 aliphatic rings. The van der Waals surface area contributed by atoms with E-state index in [0.29, 0.717) is 11.6 Å². The Morgan fingerprint density at radius 2 is 1.95 bits per heavy atom. The van der Waals surface area contributed by atoms with Gasteiger partial charge in [-0.15, -0.1) is 0 Å². The van der Waals surface area contributed by atoms with Gasteiger partial charge in [0.25, 0.3) is 0 Å². The number of carbonyl (C=O) groups excluding carboxylic acids is 1. The fourth-order valence-electron chi connectivity index (χ4n) is 2.22. The highest BCUT2D eigenvalue weighted by atomic mass is 79.9. The lowest BCUT2D eigenvalue weighted by Gasteiger charge is -2.20. The SMILES string of the molecule is O=C(CNc1ccc(Cl)c(Br)c1)N1CCCCCC1. The first-order chi connectivity index (χ1) is 9.16. The zero-order chi connectivity index (χ0) is 13.7. The molecule has 0 radical (unpaired) electrons. The van der Waals surface area contributed by atoms with Crippen LogP contribution in [0.4, 0.5) is 5.69 Å². The van der Waals surface area contributed by atoms with Gasteiger partial charge in [-0.05, 0) is 47.0 Å². The minimum atomic E-state index is 0.174. The number of hydrogen-bond acceptors (Lipinski definition) is 2. The highest BCUT2D eigenvalue weighted by Gasteiger charge is 2.14. The molecule has 1 N–H and O–H groups in total. The van der Waals surface area contributed by atoms with Crippen LogP contribution >= 0.6 is 27.5 Å². The van der Waals surface area contributed by atoms with Gasteiger partial charge in [-0.3, -0.25) is 4.79 Å². The first-order valence-electron chi connectivity index (χ1n) is 6.63. The van der Waals surface area contributed by atoms with E-state index in [1.807, 2.05) is 23.1 Å². The molecule has 1 fully saturated rings. The Morgan fingerprint density at radius 3 is 2.58 bits per heavy atom. The fourth-order valence-corrected chi connectivity index (χ4v) is 2.71. The number of hydrogen-bond donors (Lipinski definition) is 1. The molecule has 1 heterocycles. The van der Waals surface area contributed by atoms with Gasteiger partial charge in [-0.1, -0.05) is 24.4 Å². The van der Waals surface area contributed by atoms with Crippen LogP contribution in [0, 0.1) is 0 Å². The van der Waals surface area contributed by atoms with Crippen molar-refractivity contribution >= 4 is 39.1 Å². The number of nitrogens with zero attached hydrogens (tertiary/aromatic N) is 1. The normalized spacial score (nSPS) is 16.0. The number of benzene rings is 1. The van der Waals surface area contributed by atoms with E-state index in [0.717, 1.165) is 36.1 Å². The molecular weight excluding hydrogens is 328 g/mol. The Labute approximate surface area is 127 Å². The second kappa shape index (κ2) is 7.15. The third-order valence-corrected chi connectivity index (χ3v) is 4.54. The maximum atomic E-state index is 12.1. The number of carbonyl (C=O) groups is 1. The Balaban J connectivity index is 1.86. The van der Waals surface area contributed by atoms with Crippen LogP contribution in [-0.4, -0.2) is 30.4 Å². The second-order valence-electron chi connectivity index (χ2n) is 4.78. The molecule has 0 saturated carbocycles. The minimum Gasteiger partial charge on any atom is -0.376 e. The van der Waals surface area contributed by atoms with Gasteiger partial charge in [0.15, 0.2) is 0 Å². The van der Waals surface area contributed by atoms with Crippen molar-refractivity contribution in [2.45, 2.75) is 25.7 Å². The number of amides is 1. The molecule has 0 bridgehead atoms. The molecule has 0 aromatic heterocycles. The molecule has 104 valence electrons. The Bertz CT molecular complexity index is 445. The van der Waals surface area contributed by atoms with Crippen LogP contribution in [0.15, 0.2) is 22.7 Å². The molecule has 1 aliphatic heterocycles. The van der Waals surface area contributed by atoms with E-state index in [9.17, 15) is 4.79 Å². The summed E-state index contributed by atoms with van der Waals surface area (Å²) in [6.07, 6.45) is 4.72. The van der Waals surface area contributed by atoms with Crippen LogP contribution in [0.25, 0.3) is 0 Å². The van der Waals surface area contributed by atoms with Gasteiger partial charge >= 0.3 is 0 Å². The van der Waals surface area contributed by atoms with Crippen molar-refractivity contribution in [3.8, 4) is 0 Å². The lowest BCUT2D eigenvalue weighted by Crippen LogP contribution is -2.36. The fraction of sp³-hybridized carbons (Fsp3) is 0.500. The van der Waals surface area contributed by atoms with Crippen LogP contribution in [0.2, 0.25) is 5.02 Å². The number of rotatable bonds is 3. The summed E-state index contributed by atoms with van der Waals surface area (Å²) >= 11 is 9.31. The van der Waals surface area contributed by atoms with Crippen LogP contribution in [0.3, 0.4) is 0 Å². The highest BCUT2D eigenvalue weighted by molar-refractivity contribution is 9.10. The van der Waals surface area contributed by atoms with Crippen molar-refractivity contribution in [1.82, 2.24) is 4.90 Å². The van der Waals surface area contributed by atoms with Crippen molar-refractivity contribution in [3.63, 3.8) is 0 Å². The molecule has 0 unspecified atom stereocenters. The molecule has 1 aromatic carbocycles. The van der Waals surface area contributed by atoms with E-state index in [1.165, 1.54) is 12.8 Å². The summed E-state index contributed by atoms with van der Waals surface area (Å²) in [6, 6.07) is 5.57. The minimum absolute atomic E-state index is 0.174. The van der Waals surface area contributed by atoms with Crippen molar-refractivity contribution in [2.75, 3.05) is 25.0 Å². The summed E-state index contributed by atoms with van der Waals surface area (Å²) in [5.74, 6) is 0.174. The zero-order valence-corrected chi connectivity index (χ0v) is 13.1.